The standard InChI is InChI=1S/C22H26FN3O2S/c1-16(29-15-21(27)24-19-9-7-18(23)8-10-19)22(28)25-20-11-12-26(14-20)13-17-5-3-2-4-6-17/h2-10,16,20H,11-15H2,1H3,(H,24,27)(H,25,28). The van der Waals surface area contributed by atoms with E-state index in [2.05, 4.69) is 27.7 Å². The van der Waals surface area contributed by atoms with Crippen LogP contribution in [-0.2, 0) is 16.1 Å². The van der Waals surface area contributed by atoms with Crippen LogP contribution in [0.5, 0.6) is 0 Å². The Kier molecular flexibility index (Phi) is 7.66. The maximum Gasteiger partial charge on any atom is 0.234 e. The molecule has 2 atom stereocenters. The lowest BCUT2D eigenvalue weighted by Crippen LogP contribution is -2.41. The van der Waals surface area contributed by atoms with Gasteiger partial charge in [0.05, 0.1) is 11.0 Å². The largest absolute Gasteiger partial charge is 0.351 e. The van der Waals surface area contributed by atoms with Gasteiger partial charge in [0.2, 0.25) is 11.8 Å². The second kappa shape index (κ2) is 10.4. The summed E-state index contributed by atoms with van der Waals surface area (Å²) >= 11 is 1.29. The predicted octanol–water partition coefficient (Wildman–Crippen LogP) is 3.28. The van der Waals surface area contributed by atoms with Crippen molar-refractivity contribution in [1.82, 2.24) is 10.2 Å². The smallest absolute Gasteiger partial charge is 0.234 e. The number of nitrogens with zero attached hydrogens (tertiary/aromatic N) is 1. The molecule has 2 aromatic carbocycles. The number of likely N-dealkylation sites (tertiary alicyclic amines) is 1. The highest BCUT2D eigenvalue weighted by Crippen LogP contribution is 2.16. The monoisotopic (exact) mass is 415 g/mol. The van der Waals surface area contributed by atoms with E-state index in [9.17, 15) is 14.0 Å². The van der Waals surface area contributed by atoms with Gasteiger partial charge < -0.3 is 10.6 Å². The van der Waals surface area contributed by atoms with Crippen molar-refractivity contribution in [2.24, 2.45) is 0 Å². The number of anilines is 1. The number of benzene rings is 2. The van der Waals surface area contributed by atoms with Gasteiger partial charge in [-0.05, 0) is 43.2 Å². The molecule has 29 heavy (non-hydrogen) atoms. The van der Waals surface area contributed by atoms with Crippen LogP contribution >= 0.6 is 11.8 Å². The van der Waals surface area contributed by atoms with Crippen LogP contribution in [0.3, 0.4) is 0 Å². The van der Waals surface area contributed by atoms with Gasteiger partial charge in [0.25, 0.3) is 0 Å². The van der Waals surface area contributed by atoms with Crippen LogP contribution < -0.4 is 10.6 Å². The van der Waals surface area contributed by atoms with Crippen molar-refractivity contribution in [2.45, 2.75) is 31.2 Å². The molecule has 3 rings (SSSR count). The van der Waals surface area contributed by atoms with Crippen molar-refractivity contribution < 1.29 is 14.0 Å². The van der Waals surface area contributed by atoms with Crippen molar-refractivity contribution in [3.8, 4) is 0 Å². The summed E-state index contributed by atoms with van der Waals surface area (Å²) < 4.78 is 12.9. The normalized spacial score (nSPS) is 17.7. The van der Waals surface area contributed by atoms with Crippen LogP contribution in [0.1, 0.15) is 18.9 Å². The average molecular weight is 416 g/mol. The Morgan fingerprint density at radius 1 is 1.17 bits per heavy atom. The number of carbonyl (C=O) groups excluding carboxylic acids is 2. The van der Waals surface area contributed by atoms with Crippen LogP contribution in [0.25, 0.3) is 0 Å². The molecule has 0 aromatic heterocycles. The number of amides is 2. The van der Waals surface area contributed by atoms with Crippen LogP contribution in [0.4, 0.5) is 10.1 Å². The summed E-state index contributed by atoms with van der Waals surface area (Å²) in [5, 5.41) is 5.48. The first-order valence-corrected chi connectivity index (χ1v) is 10.8. The van der Waals surface area contributed by atoms with E-state index >= 15 is 0 Å². The summed E-state index contributed by atoms with van der Waals surface area (Å²) in [5.74, 6) is -0.444. The Morgan fingerprint density at radius 2 is 1.90 bits per heavy atom. The van der Waals surface area contributed by atoms with Crippen LogP contribution in [0.15, 0.2) is 54.6 Å². The highest BCUT2D eigenvalue weighted by atomic mass is 32.2. The van der Waals surface area contributed by atoms with Gasteiger partial charge in [-0.1, -0.05) is 30.3 Å². The molecule has 1 saturated heterocycles. The molecular weight excluding hydrogens is 389 g/mol. The molecule has 7 heteroatoms. The molecule has 154 valence electrons. The molecule has 0 radical (unpaired) electrons. The van der Waals surface area contributed by atoms with Gasteiger partial charge in [0.1, 0.15) is 5.82 Å². The van der Waals surface area contributed by atoms with Gasteiger partial charge in [-0.2, -0.15) is 0 Å². The van der Waals surface area contributed by atoms with Gasteiger partial charge in [-0.15, -0.1) is 11.8 Å². The van der Waals surface area contributed by atoms with Crippen LogP contribution in [-0.4, -0.2) is 46.8 Å². The van der Waals surface area contributed by atoms with E-state index in [1.807, 2.05) is 25.1 Å². The highest BCUT2D eigenvalue weighted by molar-refractivity contribution is 8.01. The average Bonchev–Trinajstić information content (AvgIpc) is 3.15. The molecule has 1 heterocycles. The summed E-state index contributed by atoms with van der Waals surface area (Å²) in [6.45, 7) is 4.49. The lowest BCUT2D eigenvalue weighted by Gasteiger charge is -2.18. The first-order valence-electron chi connectivity index (χ1n) is 9.73. The number of carbonyl (C=O) groups is 2. The number of thioether (sulfide) groups is 1. The van der Waals surface area contributed by atoms with Gasteiger partial charge in [-0.25, -0.2) is 4.39 Å². The fraction of sp³-hybridized carbons (Fsp3) is 0.364. The lowest BCUT2D eigenvalue weighted by atomic mass is 10.2. The second-order valence-electron chi connectivity index (χ2n) is 7.22. The van der Waals surface area contributed by atoms with E-state index in [0.29, 0.717) is 5.69 Å². The van der Waals surface area contributed by atoms with Crippen molar-refractivity contribution in [3.05, 3.63) is 66.0 Å². The third kappa shape index (κ3) is 6.87. The molecule has 2 aromatic rings. The van der Waals surface area contributed by atoms with Crippen molar-refractivity contribution in [3.63, 3.8) is 0 Å². The zero-order chi connectivity index (χ0) is 20.6. The maximum atomic E-state index is 12.9. The Morgan fingerprint density at radius 3 is 2.62 bits per heavy atom. The Labute approximate surface area is 175 Å². The summed E-state index contributed by atoms with van der Waals surface area (Å²) in [4.78, 5) is 26.8. The zero-order valence-corrected chi connectivity index (χ0v) is 17.3. The molecule has 0 bridgehead atoms. The molecule has 2 unspecified atom stereocenters. The van der Waals surface area contributed by atoms with Gasteiger partial charge >= 0.3 is 0 Å². The van der Waals surface area contributed by atoms with Crippen LogP contribution in [0.2, 0.25) is 0 Å². The lowest BCUT2D eigenvalue weighted by molar-refractivity contribution is -0.120. The zero-order valence-electron chi connectivity index (χ0n) is 16.4. The Bertz CT molecular complexity index is 817. The van der Waals surface area contributed by atoms with Gasteiger partial charge in [-0.3, -0.25) is 14.5 Å². The Hall–Kier alpha value is -2.38. The quantitative estimate of drug-likeness (QED) is 0.695. The minimum absolute atomic E-state index is 0.0452. The fourth-order valence-electron chi connectivity index (χ4n) is 3.26. The van der Waals surface area contributed by atoms with E-state index in [1.54, 1.807) is 0 Å². The van der Waals surface area contributed by atoms with E-state index in [0.717, 1.165) is 26.1 Å². The van der Waals surface area contributed by atoms with E-state index < -0.39 is 0 Å². The SMILES string of the molecule is CC(SCC(=O)Nc1ccc(F)cc1)C(=O)NC1CCN(Cc2ccccc2)C1. The topological polar surface area (TPSA) is 61.4 Å². The third-order valence-electron chi connectivity index (χ3n) is 4.83. The van der Waals surface area contributed by atoms with Crippen LogP contribution in [0, 0.1) is 5.82 Å². The first kappa shape index (κ1) is 21.3. The summed E-state index contributed by atoms with van der Waals surface area (Å²) in [6, 6.07) is 16.1. The van der Waals surface area contributed by atoms with Crippen molar-refractivity contribution >= 4 is 29.3 Å². The summed E-state index contributed by atoms with van der Waals surface area (Å²) in [6.07, 6.45) is 0.932. The van der Waals surface area contributed by atoms with Crippen molar-refractivity contribution in [2.75, 3.05) is 24.2 Å². The molecular formula is C22H26FN3O2S. The summed E-state index contributed by atoms with van der Waals surface area (Å²) in [5.41, 5.74) is 1.81. The molecule has 2 amide bonds. The number of nitrogens with one attached hydrogen (secondary N) is 2. The molecule has 2 N–H and O–H groups in total. The van der Waals surface area contributed by atoms with E-state index in [1.165, 1.54) is 41.6 Å². The van der Waals surface area contributed by atoms with Crippen molar-refractivity contribution in [1.29, 1.82) is 0 Å². The Balaban J connectivity index is 1.37. The predicted molar refractivity (Wildman–Crippen MR) is 115 cm³/mol. The number of hydrogen-bond acceptors (Lipinski definition) is 4. The molecule has 1 fully saturated rings. The number of halogens is 1. The first-order chi connectivity index (χ1) is 14.0. The number of rotatable bonds is 8. The fourth-order valence-corrected chi connectivity index (χ4v) is 3.95. The second-order valence-corrected chi connectivity index (χ2v) is 8.55. The maximum absolute atomic E-state index is 12.9. The molecule has 1 aliphatic heterocycles. The van der Waals surface area contributed by atoms with Gasteiger partial charge in [0, 0.05) is 31.4 Å². The van der Waals surface area contributed by atoms with E-state index in [-0.39, 0.29) is 34.7 Å². The number of hydrogen-bond donors (Lipinski definition) is 2. The van der Waals surface area contributed by atoms with E-state index in [4.69, 9.17) is 0 Å². The molecule has 0 saturated carbocycles. The minimum Gasteiger partial charge on any atom is -0.351 e. The molecule has 1 aliphatic rings. The summed E-state index contributed by atoms with van der Waals surface area (Å²) in [7, 11) is 0. The molecule has 0 aliphatic carbocycles. The van der Waals surface area contributed by atoms with Gasteiger partial charge in [0.15, 0.2) is 0 Å². The minimum atomic E-state index is -0.350. The third-order valence-corrected chi connectivity index (χ3v) is 5.97. The highest BCUT2D eigenvalue weighted by Gasteiger charge is 2.25. The molecule has 0 spiro atoms. The molecule has 5 nitrogen and oxygen atoms in total.